The fraction of sp³-hybridized carbons (Fsp3) is 0.429. The number of methoxy groups -OCH3 is 2. The molecule has 0 fully saturated rings. The monoisotopic (exact) mass is 512 g/mol. The van der Waals surface area contributed by atoms with Crippen LogP contribution in [0.4, 0.5) is 0 Å². The molecule has 0 radical (unpaired) electrons. The Bertz CT molecular complexity index is 1230. The number of aromatic nitrogens is 1. The maximum Gasteiger partial charge on any atom is 0.225 e. The molecule has 36 heavy (non-hydrogen) atoms. The van der Waals surface area contributed by atoms with Crippen LogP contribution in [0.15, 0.2) is 40.9 Å². The number of carbonyl (C=O) groups is 1. The van der Waals surface area contributed by atoms with Gasteiger partial charge in [0.05, 0.1) is 26.2 Å². The molecule has 1 aromatic heterocycles. The number of benzene rings is 2. The third-order valence-corrected chi connectivity index (χ3v) is 6.87. The van der Waals surface area contributed by atoms with E-state index in [0.29, 0.717) is 35.3 Å². The van der Waals surface area contributed by atoms with Crippen LogP contribution in [0.1, 0.15) is 74.8 Å². The summed E-state index contributed by atoms with van der Waals surface area (Å²) < 4.78 is 24.0. The summed E-state index contributed by atoms with van der Waals surface area (Å²) in [6.07, 6.45) is -1.10. The van der Waals surface area contributed by atoms with Gasteiger partial charge in [0.15, 0.2) is 11.5 Å². The van der Waals surface area contributed by atoms with E-state index in [1.807, 2.05) is 50.2 Å². The minimum absolute atomic E-state index is 0.00890. The minimum atomic E-state index is -0.642. The molecule has 2 atom stereocenters. The van der Waals surface area contributed by atoms with Crippen LogP contribution in [0.5, 0.6) is 11.5 Å². The average molecular weight is 513 g/mol. The minimum Gasteiger partial charge on any atom is -0.493 e. The fourth-order valence-corrected chi connectivity index (χ4v) is 5.03. The molecule has 192 valence electrons. The van der Waals surface area contributed by atoms with Crippen LogP contribution in [-0.4, -0.2) is 43.3 Å². The molecule has 0 saturated heterocycles. The highest BCUT2D eigenvalue weighted by Crippen LogP contribution is 2.50. The molecule has 0 aliphatic carbocycles. The molecule has 7 nitrogen and oxygen atoms in total. The molecule has 1 aliphatic rings. The number of fused-ring (bicyclic) bond motifs is 3. The first-order chi connectivity index (χ1) is 17.3. The Morgan fingerprint density at radius 1 is 1.11 bits per heavy atom. The van der Waals surface area contributed by atoms with Crippen molar-refractivity contribution in [3.05, 3.63) is 64.0 Å². The predicted octanol–water partition coefficient (Wildman–Crippen LogP) is 6.55. The second-order valence-electron chi connectivity index (χ2n) is 9.05. The lowest BCUT2D eigenvalue weighted by Crippen LogP contribution is -2.32. The molecular formula is C28H33ClN2O5. The lowest BCUT2D eigenvalue weighted by molar-refractivity contribution is -0.135. The van der Waals surface area contributed by atoms with Crippen molar-refractivity contribution in [2.75, 3.05) is 27.3 Å². The molecule has 2 unspecified atom stereocenters. The third-order valence-electron chi connectivity index (χ3n) is 6.63. The lowest BCUT2D eigenvalue weighted by atomic mass is 9.90. The number of halogens is 1. The molecule has 2 aromatic carbocycles. The topological polar surface area (TPSA) is 74.0 Å². The van der Waals surface area contributed by atoms with Crippen LogP contribution in [-0.2, 0) is 9.53 Å². The lowest BCUT2D eigenvalue weighted by Gasteiger charge is -2.26. The maximum atomic E-state index is 13.3. The maximum absolute atomic E-state index is 13.3. The van der Waals surface area contributed by atoms with Gasteiger partial charge >= 0.3 is 0 Å². The van der Waals surface area contributed by atoms with Gasteiger partial charge in [-0.05, 0) is 43.2 Å². The van der Waals surface area contributed by atoms with Crippen molar-refractivity contribution in [3.63, 3.8) is 0 Å². The smallest absolute Gasteiger partial charge is 0.225 e. The number of nitrogens with zero attached hydrogens (tertiary/aromatic N) is 2. The van der Waals surface area contributed by atoms with Gasteiger partial charge in [0, 0.05) is 29.6 Å². The number of amides is 1. The van der Waals surface area contributed by atoms with Crippen molar-refractivity contribution < 1.29 is 23.5 Å². The van der Waals surface area contributed by atoms with Gasteiger partial charge in [0.2, 0.25) is 5.91 Å². The van der Waals surface area contributed by atoms with E-state index < -0.39 is 12.2 Å². The summed E-state index contributed by atoms with van der Waals surface area (Å²) in [4.78, 5) is 15.0. The number of para-hydroxylation sites is 1. The Morgan fingerprint density at radius 3 is 2.50 bits per heavy atom. The van der Waals surface area contributed by atoms with E-state index in [9.17, 15) is 4.79 Å². The SMILES string of the molecule is CCN(CC)C(=O)CC1OC(c2cccc(OC)c2OC)c2cc(Cl)ccc2-c2c1noc2C(C)C. The van der Waals surface area contributed by atoms with Crippen LogP contribution in [0.3, 0.4) is 0 Å². The summed E-state index contributed by atoms with van der Waals surface area (Å²) in [5.41, 5.74) is 4.00. The van der Waals surface area contributed by atoms with Gasteiger partial charge in [-0.15, -0.1) is 0 Å². The van der Waals surface area contributed by atoms with E-state index in [1.165, 1.54) is 0 Å². The van der Waals surface area contributed by atoms with E-state index >= 15 is 0 Å². The van der Waals surface area contributed by atoms with Crippen molar-refractivity contribution >= 4 is 17.5 Å². The first-order valence-electron chi connectivity index (χ1n) is 12.3. The first kappa shape index (κ1) is 26.0. The largest absolute Gasteiger partial charge is 0.493 e. The van der Waals surface area contributed by atoms with Gasteiger partial charge in [-0.25, -0.2) is 0 Å². The summed E-state index contributed by atoms with van der Waals surface area (Å²) in [6, 6.07) is 11.4. The second kappa shape index (κ2) is 10.9. The van der Waals surface area contributed by atoms with Crippen LogP contribution in [0.2, 0.25) is 5.02 Å². The molecule has 4 rings (SSSR count). The fourth-order valence-electron chi connectivity index (χ4n) is 4.85. The average Bonchev–Trinajstić information content (AvgIpc) is 3.27. The zero-order valence-electron chi connectivity index (χ0n) is 21.6. The zero-order chi connectivity index (χ0) is 26.0. The molecular weight excluding hydrogens is 480 g/mol. The van der Waals surface area contributed by atoms with Gasteiger partial charge in [-0.2, -0.15) is 0 Å². The second-order valence-corrected chi connectivity index (χ2v) is 9.49. The molecule has 2 heterocycles. The highest BCUT2D eigenvalue weighted by atomic mass is 35.5. The zero-order valence-corrected chi connectivity index (χ0v) is 22.4. The van der Waals surface area contributed by atoms with Crippen LogP contribution < -0.4 is 9.47 Å². The van der Waals surface area contributed by atoms with Gasteiger partial charge in [0.25, 0.3) is 0 Å². The van der Waals surface area contributed by atoms with Gasteiger partial charge in [0.1, 0.15) is 23.7 Å². The Labute approximate surface area is 217 Å². The van der Waals surface area contributed by atoms with Crippen molar-refractivity contribution in [1.29, 1.82) is 0 Å². The van der Waals surface area contributed by atoms with Crippen LogP contribution in [0, 0.1) is 0 Å². The summed E-state index contributed by atoms with van der Waals surface area (Å²) in [5, 5.41) is 5.02. The standard InChI is InChI=1S/C28H33ClN2O5/c1-7-31(8-2)23(32)15-22-25-24(26(16(3)4)36-30-25)18-13-12-17(29)14-20(18)27(35-22)19-10-9-11-21(33-5)28(19)34-6/h9-14,16,22,27H,7-8,15H2,1-6H3. The first-order valence-corrected chi connectivity index (χ1v) is 12.7. The van der Waals surface area contributed by atoms with Crippen molar-refractivity contribution in [3.8, 4) is 22.6 Å². The molecule has 0 spiro atoms. The summed E-state index contributed by atoms with van der Waals surface area (Å²) in [6.45, 7) is 9.29. The summed E-state index contributed by atoms with van der Waals surface area (Å²) in [5.74, 6) is 1.96. The predicted molar refractivity (Wildman–Crippen MR) is 139 cm³/mol. The highest BCUT2D eigenvalue weighted by Gasteiger charge is 2.38. The Hall–Kier alpha value is -3.03. The van der Waals surface area contributed by atoms with E-state index in [4.69, 9.17) is 30.3 Å². The van der Waals surface area contributed by atoms with Crippen molar-refractivity contribution in [1.82, 2.24) is 10.1 Å². The molecule has 1 amide bonds. The Morgan fingerprint density at radius 2 is 1.86 bits per heavy atom. The Balaban J connectivity index is 1.96. The van der Waals surface area contributed by atoms with Crippen molar-refractivity contribution in [2.24, 2.45) is 0 Å². The van der Waals surface area contributed by atoms with Gasteiger partial charge < -0.3 is 23.6 Å². The molecule has 1 aliphatic heterocycles. The number of ether oxygens (including phenoxy) is 3. The number of carbonyl (C=O) groups excluding carboxylic acids is 1. The summed E-state index contributed by atoms with van der Waals surface area (Å²) >= 11 is 6.51. The quantitative estimate of drug-likeness (QED) is 0.340. The van der Waals surface area contributed by atoms with Crippen LogP contribution in [0.25, 0.3) is 11.1 Å². The third kappa shape index (κ3) is 4.70. The van der Waals surface area contributed by atoms with Gasteiger partial charge in [-0.1, -0.05) is 48.8 Å². The molecule has 8 heteroatoms. The van der Waals surface area contributed by atoms with E-state index in [1.54, 1.807) is 19.1 Å². The van der Waals surface area contributed by atoms with E-state index in [-0.39, 0.29) is 18.2 Å². The highest BCUT2D eigenvalue weighted by molar-refractivity contribution is 6.30. The molecule has 0 saturated carbocycles. The number of rotatable bonds is 8. The molecule has 0 N–H and O–H groups in total. The number of hydrogen-bond donors (Lipinski definition) is 0. The normalized spacial score (nSPS) is 16.8. The molecule has 0 bridgehead atoms. The van der Waals surface area contributed by atoms with E-state index in [2.05, 4.69) is 19.0 Å². The van der Waals surface area contributed by atoms with Crippen LogP contribution >= 0.6 is 11.6 Å². The summed E-state index contributed by atoms with van der Waals surface area (Å²) in [7, 11) is 3.20. The number of hydrogen-bond acceptors (Lipinski definition) is 6. The Kier molecular flexibility index (Phi) is 7.91. The van der Waals surface area contributed by atoms with E-state index in [0.717, 1.165) is 28.0 Å². The van der Waals surface area contributed by atoms with Gasteiger partial charge in [-0.3, -0.25) is 4.79 Å². The van der Waals surface area contributed by atoms with Crippen molar-refractivity contribution in [2.45, 2.75) is 52.2 Å². The molecule has 3 aromatic rings.